The van der Waals surface area contributed by atoms with Gasteiger partial charge in [-0.05, 0) is 36.7 Å². The monoisotopic (exact) mass is 346 g/mol. The van der Waals surface area contributed by atoms with Crippen molar-refractivity contribution in [3.05, 3.63) is 17.7 Å². The Bertz CT molecular complexity index is 637. The maximum Gasteiger partial charge on any atom is 0.315 e. The minimum Gasteiger partial charge on any atom is -0.496 e. The second-order valence-corrected chi connectivity index (χ2v) is 7.21. The molecule has 4 rings (SSSR count). The maximum absolute atomic E-state index is 12.1. The normalized spacial score (nSPS) is 26.4. The van der Waals surface area contributed by atoms with Crippen LogP contribution in [0.5, 0.6) is 17.2 Å². The van der Waals surface area contributed by atoms with Crippen molar-refractivity contribution in [1.29, 1.82) is 0 Å². The van der Waals surface area contributed by atoms with Gasteiger partial charge in [-0.3, -0.25) is 0 Å². The molecule has 25 heavy (non-hydrogen) atoms. The van der Waals surface area contributed by atoms with Crippen molar-refractivity contribution in [1.82, 2.24) is 10.6 Å². The van der Waals surface area contributed by atoms with Crippen LogP contribution in [0.4, 0.5) is 4.79 Å². The number of rotatable bonds is 5. The summed E-state index contributed by atoms with van der Waals surface area (Å²) in [5, 5.41) is 5.95. The molecule has 2 fully saturated rings. The zero-order valence-corrected chi connectivity index (χ0v) is 14.7. The van der Waals surface area contributed by atoms with E-state index in [-0.39, 0.29) is 12.8 Å². The molecular formula is C19H26N2O4. The van der Waals surface area contributed by atoms with Crippen LogP contribution in [0.1, 0.15) is 37.7 Å². The lowest BCUT2D eigenvalue weighted by Gasteiger charge is -2.12. The van der Waals surface area contributed by atoms with E-state index < -0.39 is 0 Å². The van der Waals surface area contributed by atoms with Crippen molar-refractivity contribution >= 4 is 6.03 Å². The molecule has 1 aromatic rings. The molecule has 1 aliphatic heterocycles. The quantitative estimate of drug-likeness (QED) is 0.860. The highest BCUT2D eigenvalue weighted by Crippen LogP contribution is 2.53. The first kappa shape index (κ1) is 16.4. The minimum absolute atomic E-state index is 0.124. The molecule has 2 unspecified atom stereocenters. The largest absolute Gasteiger partial charge is 0.496 e. The highest BCUT2D eigenvalue weighted by Gasteiger charge is 2.49. The summed E-state index contributed by atoms with van der Waals surface area (Å²) in [6, 6.07) is 3.54. The topological polar surface area (TPSA) is 68.8 Å². The van der Waals surface area contributed by atoms with Gasteiger partial charge in [0.15, 0.2) is 11.5 Å². The standard InChI is InChI=1S/C19H26N2O4/c1-23-16-8-18-17(24-11-25-18)7-12(16)9-20-19(22)21-10-15-13-5-3-2-4-6-14(13)15/h7-8,13-15H,2-6,9-11H2,1H3,(H2,20,21,22). The van der Waals surface area contributed by atoms with Crippen LogP contribution in [-0.4, -0.2) is 26.5 Å². The van der Waals surface area contributed by atoms with Crippen molar-refractivity contribution in [2.45, 2.75) is 38.6 Å². The minimum atomic E-state index is -0.124. The lowest BCUT2D eigenvalue weighted by molar-refractivity contribution is 0.174. The van der Waals surface area contributed by atoms with Gasteiger partial charge in [-0.15, -0.1) is 0 Å². The number of benzene rings is 1. The molecule has 2 atom stereocenters. The van der Waals surface area contributed by atoms with E-state index in [0.29, 0.717) is 29.7 Å². The van der Waals surface area contributed by atoms with Crippen LogP contribution in [0.25, 0.3) is 0 Å². The summed E-state index contributed by atoms with van der Waals surface area (Å²) in [5.41, 5.74) is 0.874. The van der Waals surface area contributed by atoms with Gasteiger partial charge in [0.2, 0.25) is 6.79 Å². The molecule has 3 aliphatic rings. The molecule has 2 saturated carbocycles. The molecule has 1 heterocycles. The molecule has 2 aliphatic carbocycles. The summed E-state index contributed by atoms with van der Waals surface area (Å²) in [5.74, 6) is 4.43. The van der Waals surface area contributed by atoms with Crippen LogP contribution in [-0.2, 0) is 6.54 Å². The number of carbonyl (C=O) groups is 1. The number of ether oxygens (including phenoxy) is 3. The Morgan fingerprint density at radius 2 is 1.84 bits per heavy atom. The Balaban J connectivity index is 1.26. The smallest absolute Gasteiger partial charge is 0.315 e. The number of urea groups is 1. The van der Waals surface area contributed by atoms with Gasteiger partial charge in [0, 0.05) is 24.7 Å². The Labute approximate surface area is 148 Å². The lowest BCUT2D eigenvalue weighted by atomic mass is 10.1. The molecule has 0 bridgehead atoms. The highest BCUT2D eigenvalue weighted by atomic mass is 16.7. The number of fused-ring (bicyclic) bond motifs is 2. The Morgan fingerprint density at radius 3 is 2.56 bits per heavy atom. The fourth-order valence-corrected chi connectivity index (χ4v) is 4.36. The summed E-state index contributed by atoms with van der Waals surface area (Å²) >= 11 is 0. The Kier molecular flexibility index (Phi) is 4.59. The van der Waals surface area contributed by atoms with Crippen molar-refractivity contribution in [2.24, 2.45) is 17.8 Å². The van der Waals surface area contributed by atoms with Crippen molar-refractivity contribution in [3.63, 3.8) is 0 Å². The second-order valence-electron chi connectivity index (χ2n) is 7.21. The molecule has 6 nitrogen and oxygen atoms in total. The molecular weight excluding hydrogens is 320 g/mol. The Morgan fingerprint density at radius 1 is 1.12 bits per heavy atom. The molecule has 136 valence electrons. The van der Waals surface area contributed by atoms with Gasteiger partial charge in [-0.25, -0.2) is 4.79 Å². The first-order chi connectivity index (χ1) is 12.3. The third kappa shape index (κ3) is 3.48. The van der Waals surface area contributed by atoms with E-state index in [1.165, 1.54) is 32.1 Å². The first-order valence-corrected chi connectivity index (χ1v) is 9.24. The average molecular weight is 346 g/mol. The third-order valence-corrected chi connectivity index (χ3v) is 5.80. The van der Waals surface area contributed by atoms with Gasteiger partial charge < -0.3 is 24.8 Å². The van der Waals surface area contributed by atoms with Crippen molar-refractivity contribution in [2.75, 3.05) is 20.4 Å². The summed E-state index contributed by atoms with van der Waals surface area (Å²) in [6.45, 7) is 1.40. The summed E-state index contributed by atoms with van der Waals surface area (Å²) < 4.78 is 16.1. The van der Waals surface area contributed by atoms with Gasteiger partial charge in [-0.1, -0.05) is 19.3 Å². The van der Waals surface area contributed by atoms with E-state index in [4.69, 9.17) is 14.2 Å². The van der Waals surface area contributed by atoms with Crippen LogP contribution in [0.15, 0.2) is 12.1 Å². The first-order valence-electron chi connectivity index (χ1n) is 9.24. The van der Waals surface area contributed by atoms with Gasteiger partial charge in [0.1, 0.15) is 5.75 Å². The SMILES string of the molecule is COc1cc2c(cc1CNC(=O)NCC1C3CCCCCC31)OCO2. The van der Waals surface area contributed by atoms with Crippen LogP contribution in [0, 0.1) is 17.8 Å². The van der Waals surface area contributed by atoms with Gasteiger partial charge in [0.05, 0.1) is 7.11 Å². The second kappa shape index (κ2) is 7.02. The number of carbonyl (C=O) groups excluding carboxylic acids is 1. The number of hydrogen-bond donors (Lipinski definition) is 2. The summed E-state index contributed by atoms with van der Waals surface area (Å²) in [4.78, 5) is 12.1. The van der Waals surface area contributed by atoms with Crippen LogP contribution >= 0.6 is 0 Å². The molecule has 1 aromatic carbocycles. The van der Waals surface area contributed by atoms with E-state index in [1.807, 2.05) is 6.07 Å². The third-order valence-electron chi connectivity index (χ3n) is 5.80. The van der Waals surface area contributed by atoms with E-state index >= 15 is 0 Å². The lowest BCUT2D eigenvalue weighted by Crippen LogP contribution is -2.36. The van der Waals surface area contributed by atoms with Crippen molar-refractivity contribution < 1.29 is 19.0 Å². The fraction of sp³-hybridized carbons (Fsp3) is 0.632. The molecule has 0 spiro atoms. The van der Waals surface area contributed by atoms with Gasteiger partial charge >= 0.3 is 6.03 Å². The predicted molar refractivity (Wildman–Crippen MR) is 92.9 cm³/mol. The van der Waals surface area contributed by atoms with Crippen molar-refractivity contribution in [3.8, 4) is 17.2 Å². The zero-order chi connectivity index (χ0) is 17.2. The van der Waals surface area contributed by atoms with Crippen LogP contribution in [0.3, 0.4) is 0 Å². The molecule has 0 saturated heterocycles. The predicted octanol–water partition coefficient (Wildman–Crippen LogP) is 3.05. The highest BCUT2D eigenvalue weighted by molar-refractivity contribution is 5.74. The number of hydrogen-bond acceptors (Lipinski definition) is 4. The van der Waals surface area contributed by atoms with E-state index in [0.717, 1.165) is 23.9 Å². The van der Waals surface area contributed by atoms with E-state index in [1.54, 1.807) is 13.2 Å². The molecule has 0 radical (unpaired) electrons. The molecule has 6 heteroatoms. The zero-order valence-electron chi connectivity index (χ0n) is 14.7. The number of methoxy groups -OCH3 is 1. The fourth-order valence-electron chi connectivity index (χ4n) is 4.36. The van der Waals surface area contributed by atoms with Crippen LogP contribution < -0.4 is 24.8 Å². The number of amides is 2. The van der Waals surface area contributed by atoms with E-state index in [2.05, 4.69) is 10.6 Å². The summed E-state index contributed by atoms with van der Waals surface area (Å²) in [7, 11) is 1.61. The number of nitrogens with one attached hydrogen (secondary N) is 2. The van der Waals surface area contributed by atoms with E-state index in [9.17, 15) is 4.79 Å². The summed E-state index contributed by atoms with van der Waals surface area (Å²) in [6.07, 6.45) is 6.77. The maximum atomic E-state index is 12.1. The van der Waals surface area contributed by atoms with Crippen LogP contribution in [0.2, 0.25) is 0 Å². The van der Waals surface area contributed by atoms with Gasteiger partial charge in [-0.2, -0.15) is 0 Å². The average Bonchev–Trinajstić information content (AvgIpc) is 3.17. The molecule has 2 amide bonds. The molecule has 0 aromatic heterocycles. The van der Waals surface area contributed by atoms with Gasteiger partial charge in [0.25, 0.3) is 0 Å². The molecule has 2 N–H and O–H groups in total. The Hall–Kier alpha value is -2.11.